The van der Waals surface area contributed by atoms with Gasteiger partial charge in [-0.2, -0.15) is 0 Å². The van der Waals surface area contributed by atoms with Gasteiger partial charge in [-0.1, -0.05) is 23.7 Å². The fraction of sp³-hybridized carbons (Fsp3) is 0. The van der Waals surface area contributed by atoms with Gasteiger partial charge in [0.2, 0.25) is 0 Å². The molecule has 6 heteroatoms. The SMILES string of the molecule is Nn1c(-c2ccccc2Cl)nc2ncccc2c1=O. The lowest BCUT2D eigenvalue weighted by molar-refractivity contribution is 0.922. The third-order valence-corrected chi connectivity index (χ3v) is 3.12. The van der Waals surface area contributed by atoms with Crippen LogP contribution in [0.3, 0.4) is 0 Å². The van der Waals surface area contributed by atoms with Crippen molar-refractivity contribution < 1.29 is 0 Å². The third kappa shape index (κ3) is 1.84. The van der Waals surface area contributed by atoms with Crippen LogP contribution < -0.4 is 11.4 Å². The van der Waals surface area contributed by atoms with Crippen molar-refractivity contribution in [3.8, 4) is 11.4 Å². The van der Waals surface area contributed by atoms with Crippen LogP contribution in [0.4, 0.5) is 0 Å². The largest absolute Gasteiger partial charge is 0.334 e. The summed E-state index contributed by atoms with van der Waals surface area (Å²) in [5.41, 5.74) is 0.591. The Kier molecular flexibility index (Phi) is 2.68. The van der Waals surface area contributed by atoms with E-state index < -0.39 is 0 Å². The van der Waals surface area contributed by atoms with Crippen LogP contribution in [0.25, 0.3) is 22.4 Å². The summed E-state index contributed by atoms with van der Waals surface area (Å²) in [7, 11) is 0. The Hall–Kier alpha value is -2.40. The number of fused-ring (bicyclic) bond motifs is 1. The number of hydrogen-bond acceptors (Lipinski definition) is 4. The zero-order valence-corrected chi connectivity index (χ0v) is 10.5. The fourth-order valence-corrected chi connectivity index (χ4v) is 2.09. The first-order valence-corrected chi connectivity index (χ1v) is 5.94. The van der Waals surface area contributed by atoms with Gasteiger partial charge >= 0.3 is 0 Å². The van der Waals surface area contributed by atoms with Crippen LogP contribution in [0.2, 0.25) is 5.02 Å². The zero-order valence-electron chi connectivity index (χ0n) is 9.75. The number of benzene rings is 1. The molecule has 0 aliphatic heterocycles. The van der Waals surface area contributed by atoms with Gasteiger partial charge in [-0.15, -0.1) is 0 Å². The molecule has 2 N–H and O–H groups in total. The minimum atomic E-state index is -0.354. The lowest BCUT2D eigenvalue weighted by Gasteiger charge is -2.09. The second-order valence-electron chi connectivity index (χ2n) is 3.96. The van der Waals surface area contributed by atoms with Crippen molar-refractivity contribution in [3.05, 3.63) is 58.0 Å². The highest BCUT2D eigenvalue weighted by Gasteiger charge is 2.13. The first kappa shape index (κ1) is 11.7. The molecule has 0 atom stereocenters. The summed E-state index contributed by atoms with van der Waals surface area (Å²) in [5.74, 6) is 6.10. The van der Waals surface area contributed by atoms with E-state index in [0.29, 0.717) is 27.4 Å². The molecule has 0 amide bonds. The van der Waals surface area contributed by atoms with Gasteiger partial charge in [0.15, 0.2) is 11.5 Å². The van der Waals surface area contributed by atoms with Crippen LogP contribution in [0.5, 0.6) is 0 Å². The summed E-state index contributed by atoms with van der Waals surface area (Å²) >= 11 is 6.10. The molecule has 19 heavy (non-hydrogen) atoms. The van der Waals surface area contributed by atoms with Crippen LogP contribution >= 0.6 is 11.6 Å². The fourth-order valence-electron chi connectivity index (χ4n) is 1.87. The number of halogens is 1. The van der Waals surface area contributed by atoms with Crippen LogP contribution in [-0.4, -0.2) is 14.6 Å². The van der Waals surface area contributed by atoms with E-state index in [-0.39, 0.29) is 5.56 Å². The number of aromatic nitrogens is 3. The molecular formula is C13H9ClN4O. The minimum absolute atomic E-state index is 0.293. The molecule has 0 saturated heterocycles. The molecular weight excluding hydrogens is 264 g/mol. The summed E-state index contributed by atoms with van der Waals surface area (Å²) in [6, 6.07) is 10.4. The topological polar surface area (TPSA) is 73.8 Å². The maximum absolute atomic E-state index is 12.1. The average molecular weight is 273 g/mol. The summed E-state index contributed by atoms with van der Waals surface area (Å²) in [6.07, 6.45) is 1.58. The van der Waals surface area contributed by atoms with Gasteiger partial charge in [-0.05, 0) is 24.3 Å². The number of nitrogen functional groups attached to an aromatic ring is 1. The molecule has 0 aliphatic carbocycles. The van der Waals surface area contributed by atoms with E-state index in [9.17, 15) is 4.79 Å². The number of pyridine rings is 1. The van der Waals surface area contributed by atoms with E-state index in [4.69, 9.17) is 17.4 Å². The smallest absolute Gasteiger partial charge is 0.281 e. The molecule has 3 rings (SSSR count). The summed E-state index contributed by atoms with van der Waals surface area (Å²) in [4.78, 5) is 20.5. The molecule has 0 bridgehead atoms. The van der Waals surface area contributed by atoms with Gasteiger partial charge in [0.25, 0.3) is 5.56 Å². The first-order chi connectivity index (χ1) is 9.18. The van der Waals surface area contributed by atoms with Crippen LogP contribution in [0.1, 0.15) is 0 Å². The van der Waals surface area contributed by atoms with Crippen molar-refractivity contribution in [2.45, 2.75) is 0 Å². The van der Waals surface area contributed by atoms with Gasteiger partial charge in [0.1, 0.15) is 0 Å². The monoisotopic (exact) mass is 272 g/mol. The van der Waals surface area contributed by atoms with E-state index in [1.54, 1.807) is 42.6 Å². The summed E-state index contributed by atoms with van der Waals surface area (Å²) < 4.78 is 0.991. The Labute approximate surface area is 113 Å². The Bertz CT molecular complexity index is 828. The quantitative estimate of drug-likeness (QED) is 0.686. The molecule has 5 nitrogen and oxygen atoms in total. The van der Waals surface area contributed by atoms with E-state index in [0.717, 1.165) is 4.68 Å². The molecule has 94 valence electrons. The van der Waals surface area contributed by atoms with Crippen LogP contribution in [0.15, 0.2) is 47.4 Å². The molecule has 2 aromatic heterocycles. The molecule has 3 aromatic rings. The molecule has 0 aliphatic rings. The van der Waals surface area contributed by atoms with Crippen LogP contribution in [0, 0.1) is 0 Å². The maximum Gasteiger partial charge on any atom is 0.281 e. The molecule has 0 saturated carbocycles. The standard InChI is InChI=1S/C13H9ClN4O/c14-10-6-2-1-4-8(10)12-17-11-9(5-3-7-16-11)13(19)18(12)15/h1-7H,15H2. The Morgan fingerprint density at radius 3 is 2.74 bits per heavy atom. The Morgan fingerprint density at radius 1 is 1.16 bits per heavy atom. The predicted octanol–water partition coefficient (Wildman–Crippen LogP) is 1.83. The van der Waals surface area contributed by atoms with Gasteiger partial charge in [0.05, 0.1) is 10.4 Å². The molecule has 0 spiro atoms. The van der Waals surface area contributed by atoms with E-state index in [2.05, 4.69) is 9.97 Å². The van der Waals surface area contributed by atoms with Crippen molar-refractivity contribution in [2.75, 3.05) is 5.84 Å². The highest BCUT2D eigenvalue weighted by atomic mass is 35.5. The van der Waals surface area contributed by atoms with Gasteiger partial charge in [-0.3, -0.25) is 4.79 Å². The van der Waals surface area contributed by atoms with Crippen molar-refractivity contribution in [2.24, 2.45) is 0 Å². The Morgan fingerprint density at radius 2 is 1.95 bits per heavy atom. The van der Waals surface area contributed by atoms with Gasteiger partial charge < -0.3 is 5.84 Å². The number of nitrogens with zero attached hydrogens (tertiary/aromatic N) is 3. The zero-order chi connectivity index (χ0) is 13.4. The molecule has 1 aromatic carbocycles. The van der Waals surface area contributed by atoms with Crippen molar-refractivity contribution in [3.63, 3.8) is 0 Å². The van der Waals surface area contributed by atoms with Crippen LogP contribution in [-0.2, 0) is 0 Å². The number of rotatable bonds is 1. The summed E-state index contributed by atoms with van der Waals surface area (Å²) in [5, 5.41) is 0.852. The number of nitrogens with two attached hydrogens (primary N) is 1. The Balaban J connectivity index is 2.40. The second-order valence-corrected chi connectivity index (χ2v) is 4.37. The highest BCUT2D eigenvalue weighted by molar-refractivity contribution is 6.33. The lowest BCUT2D eigenvalue weighted by atomic mass is 10.2. The molecule has 2 heterocycles. The normalized spacial score (nSPS) is 10.8. The van der Waals surface area contributed by atoms with E-state index >= 15 is 0 Å². The van der Waals surface area contributed by atoms with Crippen molar-refractivity contribution in [1.82, 2.24) is 14.6 Å². The first-order valence-electron chi connectivity index (χ1n) is 5.56. The molecule has 0 fully saturated rings. The van der Waals surface area contributed by atoms with Crippen molar-refractivity contribution >= 4 is 22.6 Å². The van der Waals surface area contributed by atoms with E-state index in [1.807, 2.05) is 0 Å². The maximum atomic E-state index is 12.1. The lowest BCUT2D eigenvalue weighted by Crippen LogP contribution is -2.30. The average Bonchev–Trinajstić information content (AvgIpc) is 2.44. The van der Waals surface area contributed by atoms with Crippen molar-refractivity contribution in [1.29, 1.82) is 0 Å². The van der Waals surface area contributed by atoms with E-state index in [1.165, 1.54) is 0 Å². The molecule has 0 radical (unpaired) electrons. The molecule has 0 unspecified atom stereocenters. The van der Waals surface area contributed by atoms with Gasteiger partial charge in [-0.25, -0.2) is 14.6 Å². The summed E-state index contributed by atoms with van der Waals surface area (Å²) in [6.45, 7) is 0. The number of hydrogen-bond donors (Lipinski definition) is 1. The second kappa shape index (κ2) is 4.37. The minimum Gasteiger partial charge on any atom is -0.334 e. The van der Waals surface area contributed by atoms with Gasteiger partial charge in [0, 0.05) is 11.8 Å². The highest BCUT2D eigenvalue weighted by Crippen LogP contribution is 2.25. The third-order valence-electron chi connectivity index (χ3n) is 2.79. The predicted molar refractivity (Wildman–Crippen MR) is 74.4 cm³/mol.